The van der Waals surface area contributed by atoms with E-state index in [2.05, 4.69) is 9.62 Å². The zero-order valence-electron chi connectivity index (χ0n) is 13.1. The van der Waals surface area contributed by atoms with Crippen LogP contribution < -0.4 is 4.72 Å². The van der Waals surface area contributed by atoms with E-state index in [-0.39, 0.29) is 11.4 Å². The van der Waals surface area contributed by atoms with Gasteiger partial charge < -0.3 is 9.84 Å². The Morgan fingerprint density at radius 2 is 2.00 bits per heavy atom. The molecule has 1 aliphatic rings. The highest BCUT2D eigenvalue weighted by Crippen LogP contribution is 2.16. The summed E-state index contributed by atoms with van der Waals surface area (Å²) in [6, 6.07) is 5.20. The largest absolute Gasteiger partial charge is 0.390 e. The summed E-state index contributed by atoms with van der Waals surface area (Å²) in [6.45, 7) is 6.98. The normalized spacial score (nSPS) is 18.3. The van der Waals surface area contributed by atoms with Crippen LogP contribution in [0.5, 0.6) is 0 Å². The quantitative estimate of drug-likeness (QED) is 0.784. The summed E-state index contributed by atoms with van der Waals surface area (Å²) in [5, 5.41) is 10.0. The van der Waals surface area contributed by atoms with Gasteiger partial charge in [-0.15, -0.1) is 0 Å². The molecule has 0 radical (unpaired) electrons. The van der Waals surface area contributed by atoms with Gasteiger partial charge in [-0.1, -0.05) is 17.7 Å². The molecule has 6 nitrogen and oxygen atoms in total. The molecule has 2 rings (SSSR count). The molecule has 0 aromatic heterocycles. The van der Waals surface area contributed by atoms with Crippen molar-refractivity contribution in [3.05, 3.63) is 29.3 Å². The van der Waals surface area contributed by atoms with Crippen molar-refractivity contribution < 1.29 is 18.3 Å². The molecule has 0 aliphatic carbocycles. The van der Waals surface area contributed by atoms with Gasteiger partial charge in [0.05, 0.1) is 24.2 Å². The lowest BCUT2D eigenvalue weighted by molar-refractivity contribution is 0.0158. The summed E-state index contributed by atoms with van der Waals surface area (Å²) in [4.78, 5) is 2.33. The predicted octanol–water partition coefficient (Wildman–Crippen LogP) is 0.275. The molecule has 0 amide bonds. The van der Waals surface area contributed by atoms with E-state index in [1.807, 2.05) is 13.0 Å². The Morgan fingerprint density at radius 1 is 1.32 bits per heavy atom. The fourth-order valence-electron chi connectivity index (χ4n) is 2.53. The van der Waals surface area contributed by atoms with E-state index in [0.29, 0.717) is 25.3 Å². The maximum atomic E-state index is 12.3. The van der Waals surface area contributed by atoms with Crippen LogP contribution in [0.25, 0.3) is 0 Å². The highest BCUT2D eigenvalue weighted by atomic mass is 32.2. The third-order valence-electron chi connectivity index (χ3n) is 3.70. The van der Waals surface area contributed by atoms with Gasteiger partial charge in [0.15, 0.2) is 0 Å². The van der Waals surface area contributed by atoms with Crippen LogP contribution in [-0.2, 0) is 14.8 Å². The van der Waals surface area contributed by atoms with Crippen LogP contribution in [0.15, 0.2) is 23.1 Å². The molecule has 1 saturated heterocycles. The number of aliphatic hydroxyl groups excluding tert-OH is 1. The van der Waals surface area contributed by atoms with Gasteiger partial charge >= 0.3 is 0 Å². The lowest BCUT2D eigenvalue weighted by Gasteiger charge is -2.28. The van der Waals surface area contributed by atoms with Crippen LogP contribution in [0.1, 0.15) is 11.1 Å². The van der Waals surface area contributed by atoms with Gasteiger partial charge in [0, 0.05) is 26.2 Å². The third kappa shape index (κ3) is 4.76. The van der Waals surface area contributed by atoms with E-state index in [4.69, 9.17) is 4.74 Å². The highest BCUT2D eigenvalue weighted by molar-refractivity contribution is 7.89. The van der Waals surface area contributed by atoms with Crippen molar-refractivity contribution >= 4 is 10.0 Å². The van der Waals surface area contributed by atoms with Crippen molar-refractivity contribution in [3.63, 3.8) is 0 Å². The Morgan fingerprint density at radius 3 is 2.64 bits per heavy atom. The van der Waals surface area contributed by atoms with Gasteiger partial charge in [-0.25, -0.2) is 13.1 Å². The minimum Gasteiger partial charge on any atom is -0.390 e. The molecule has 1 aliphatic heterocycles. The Labute approximate surface area is 132 Å². The molecular weight excluding hydrogens is 304 g/mol. The molecule has 1 aromatic rings. The summed E-state index contributed by atoms with van der Waals surface area (Å²) < 4.78 is 32.3. The number of rotatable bonds is 6. The molecular formula is C15H24N2O4S. The Kier molecular flexibility index (Phi) is 5.94. The van der Waals surface area contributed by atoms with Crippen molar-refractivity contribution in [2.45, 2.75) is 24.8 Å². The first-order valence-electron chi connectivity index (χ1n) is 7.43. The van der Waals surface area contributed by atoms with Crippen molar-refractivity contribution in [2.24, 2.45) is 0 Å². The van der Waals surface area contributed by atoms with E-state index in [1.165, 1.54) is 0 Å². The molecule has 22 heavy (non-hydrogen) atoms. The number of nitrogens with one attached hydrogen (secondary N) is 1. The van der Waals surface area contributed by atoms with Gasteiger partial charge in [0.1, 0.15) is 0 Å². The fourth-order valence-corrected chi connectivity index (χ4v) is 3.83. The number of hydrogen-bond acceptors (Lipinski definition) is 5. The van der Waals surface area contributed by atoms with Gasteiger partial charge in [-0.05, 0) is 25.5 Å². The Balaban J connectivity index is 1.91. The number of morpholine rings is 1. The zero-order chi connectivity index (χ0) is 16.2. The van der Waals surface area contributed by atoms with Gasteiger partial charge in [0.25, 0.3) is 0 Å². The summed E-state index contributed by atoms with van der Waals surface area (Å²) in [5.41, 5.74) is 1.72. The first-order chi connectivity index (χ1) is 10.4. The number of benzene rings is 1. The summed E-state index contributed by atoms with van der Waals surface area (Å²) in [5.74, 6) is 0. The maximum absolute atomic E-state index is 12.3. The molecule has 124 valence electrons. The monoisotopic (exact) mass is 328 g/mol. The smallest absolute Gasteiger partial charge is 0.240 e. The topological polar surface area (TPSA) is 78.9 Å². The van der Waals surface area contributed by atoms with Crippen molar-refractivity contribution in [3.8, 4) is 0 Å². The number of aryl methyl sites for hydroxylation is 2. The minimum absolute atomic E-state index is 0.00695. The van der Waals surface area contributed by atoms with Crippen LogP contribution in [0.2, 0.25) is 0 Å². The van der Waals surface area contributed by atoms with E-state index < -0.39 is 16.1 Å². The van der Waals surface area contributed by atoms with Gasteiger partial charge in [-0.3, -0.25) is 4.90 Å². The maximum Gasteiger partial charge on any atom is 0.240 e. The Bertz CT molecular complexity index is 598. The molecule has 1 heterocycles. The lowest BCUT2D eigenvalue weighted by atomic mass is 10.2. The van der Waals surface area contributed by atoms with Crippen molar-refractivity contribution in [1.29, 1.82) is 0 Å². The summed E-state index contributed by atoms with van der Waals surface area (Å²) in [7, 11) is -3.60. The number of sulfonamides is 1. The average molecular weight is 328 g/mol. The van der Waals surface area contributed by atoms with Crippen LogP contribution in [0, 0.1) is 13.8 Å². The first kappa shape index (κ1) is 17.4. The van der Waals surface area contributed by atoms with Crippen LogP contribution in [0.3, 0.4) is 0 Å². The molecule has 1 aromatic carbocycles. The standard InChI is InChI=1S/C15H24N2O4S/c1-12-3-4-15(13(2)9-12)22(19,20)16-10-14(18)11-17-5-7-21-8-6-17/h3-4,9,14,16,18H,5-8,10-11H2,1-2H3. The second-order valence-electron chi connectivity index (χ2n) is 5.69. The molecule has 1 fully saturated rings. The number of hydrogen-bond donors (Lipinski definition) is 2. The number of β-amino-alcohol motifs (C(OH)–C–C–N with tert-alkyl or cyclic N) is 1. The second-order valence-corrected chi connectivity index (χ2v) is 7.42. The lowest BCUT2D eigenvalue weighted by Crippen LogP contribution is -2.44. The first-order valence-corrected chi connectivity index (χ1v) is 8.92. The summed E-state index contributed by atoms with van der Waals surface area (Å²) >= 11 is 0. The van der Waals surface area contributed by atoms with Crippen LogP contribution >= 0.6 is 0 Å². The summed E-state index contributed by atoms with van der Waals surface area (Å²) in [6.07, 6.45) is -0.737. The SMILES string of the molecule is Cc1ccc(S(=O)(=O)NCC(O)CN2CCOCC2)c(C)c1. The van der Waals surface area contributed by atoms with E-state index in [0.717, 1.165) is 18.7 Å². The van der Waals surface area contributed by atoms with E-state index in [1.54, 1.807) is 19.1 Å². The molecule has 2 N–H and O–H groups in total. The van der Waals surface area contributed by atoms with Crippen LogP contribution in [0.4, 0.5) is 0 Å². The third-order valence-corrected chi connectivity index (χ3v) is 5.29. The van der Waals surface area contributed by atoms with Gasteiger partial charge in [0.2, 0.25) is 10.0 Å². The minimum atomic E-state index is -3.60. The van der Waals surface area contributed by atoms with Gasteiger partial charge in [-0.2, -0.15) is 0 Å². The molecule has 0 spiro atoms. The predicted molar refractivity (Wildman–Crippen MR) is 84.4 cm³/mol. The number of ether oxygens (including phenoxy) is 1. The number of nitrogens with zero attached hydrogens (tertiary/aromatic N) is 1. The molecule has 7 heteroatoms. The molecule has 0 bridgehead atoms. The molecule has 1 unspecified atom stereocenters. The van der Waals surface area contributed by atoms with E-state index >= 15 is 0 Å². The Hall–Kier alpha value is -0.990. The number of aliphatic hydroxyl groups is 1. The zero-order valence-corrected chi connectivity index (χ0v) is 13.9. The van der Waals surface area contributed by atoms with Crippen LogP contribution in [-0.4, -0.2) is 63.9 Å². The second kappa shape index (κ2) is 7.52. The fraction of sp³-hybridized carbons (Fsp3) is 0.600. The van der Waals surface area contributed by atoms with Crippen molar-refractivity contribution in [2.75, 3.05) is 39.4 Å². The average Bonchev–Trinajstić information content (AvgIpc) is 2.46. The molecule has 0 saturated carbocycles. The molecule has 1 atom stereocenters. The van der Waals surface area contributed by atoms with Crippen molar-refractivity contribution in [1.82, 2.24) is 9.62 Å². The highest BCUT2D eigenvalue weighted by Gasteiger charge is 2.20. The van der Waals surface area contributed by atoms with E-state index in [9.17, 15) is 13.5 Å².